The van der Waals surface area contributed by atoms with Crippen LogP contribution in [-0.2, 0) is 0 Å². The largest absolute Gasteiger partial charge is 0.490 e. The first-order valence-corrected chi connectivity index (χ1v) is 8.11. The first kappa shape index (κ1) is 16.3. The van der Waals surface area contributed by atoms with E-state index in [0.717, 1.165) is 0 Å². The van der Waals surface area contributed by atoms with Crippen molar-refractivity contribution in [1.29, 1.82) is 0 Å². The van der Waals surface area contributed by atoms with E-state index >= 15 is 0 Å². The Kier molecular flexibility index (Phi) is 4.69. The molecule has 7 nitrogen and oxygen atoms in total. The molecule has 7 heteroatoms. The number of amides is 1. The van der Waals surface area contributed by atoms with Gasteiger partial charge in [-0.15, -0.1) is 0 Å². The van der Waals surface area contributed by atoms with Crippen molar-refractivity contribution in [3.05, 3.63) is 35.5 Å². The Hall–Kier alpha value is -2.57. The summed E-state index contributed by atoms with van der Waals surface area (Å²) in [6.45, 7) is 7.81. The topological polar surface area (TPSA) is 77.7 Å². The fourth-order valence-corrected chi connectivity index (χ4v) is 2.65. The second-order valence-electron chi connectivity index (χ2n) is 5.61. The van der Waals surface area contributed by atoms with E-state index in [9.17, 15) is 4.79 Å². The lowest BCUT2D eigenvalue weighted by Gasteiger charge is -2.37. The molecule has 1 aromatic carbocycles. The van der Waals surface area contributed by atoms with Crippen molar-refractivity contribution in [2.45, 2.75) is 26.7 Å². The molecule has 3 rings (SSSR count). The number of rotatable bonds is 6. The summed E-state index contributed by atoms with van der Waals surface area (Å²) in [6.07, 6.45) is 0. The SMILES string of the molecule is CCOc1ccc(C(=O)N2CC(c3nc(C)no3)C2)cc1OCC. The zero-order chi connectivity index (χ0) is 17.1. The van der Waals surface area contributed by atoms with Crippen LogP contribution in [0.1, 0.15) is 41.8 Å². The number of carbonyl (C=O) groups is 1. The zero-order valence-corrected chi connectivity index (χ0v) is 14.1. The van der Waals surface area contributed by atoms with E-state index in [1.165, 1.54) is 0 Å². The number of carbonyl (C=O) groups excluding carboxylic acids is 1. The van der Waals surface area contributed by atoms with Crippen molar-refractivity contribution in [3.8, 4) is 11.5 Å². The maximum absolute atomic E-state index is 12.6. The summed E-state index contributed by atoms with van der Waals surface area (Å²) in [6, 6.07) is 5.28. The molecule has 128 valence electrons. The Bertz CT molecular complexity index is 722. The van der Waals surface area contributed by atoms with Crippen LogP contribution in [0.3, 0.4) is 0 Å². The number of ether oxygens (including phenoxy) is 2. The first-order chi connectivity index (χ1) is 11.6. The summed E-state index contributed by atoms with van der Waals surface area (Å²) in [4.78, 5) is 18.6. The Morgan fingerprint density at radius 3 is 2.58 bits per heavy atom. The lowest BCUT2D eigenvalue weighted by Crippen LogP contribution is -2.48. The van der Waals surface area contributed by atoms with Crippen LogP contribution in [0.4, 0.5) is 0 Å². The van der Waals surface area contributed by atoms with E-state index in [4.69, 9.17) is 14.0 Å². The second-order valence-corrected chi connectivity index (χ2v) is 5.61. The molecule has 0 spiro atoms. The van der Waals surface area contributed by atoms with E-state index in [0.29, 0.717) is 55.1 Å². The van der Waals surface area contributed by atoms with E-state index in [-0.39, 0.29) is 11.8 Å². The minimum Gasteiger partial charge on any atom is -0.490 e. The maximum atomic E-state index is 12.6. The number of benzene rings is 1. The average Bonchev–Trinajstić information content (AvgIpc) is 2.94. The molecule has 1 fully saturated rings. The standard InChI is InChI=1S/C17H21N3O4/c1-4-22-14-7-6-12(8-15(14)23-5-2)17(21)20-9-13(10-20)16-18-11(3)19-24-16/h6-8,13H,4-5,9-10H2,1-3H3. The Morgan fingerprint density at radius 2 is 1.96 bits per heavy atom. The molecule has 0 atom stereocenters. The fourth-order valence-electron chi connectivity index (χ4n) is 2.65. The highest BCUT2D eigenvalue weighted by Crippen LogP contribution is 2.31. The molecule has 1 amide bonds. The number of aromatic nitrogens is 2. The van der Waals surface area contributed by atoms with E-state index in [1.54, 1.807) is 30.0 Å². The minimum atomic E-state index is -0.0357. The highest BCUT2D eigenvalue weighted by Gasteiger charge is 2.36. The molecule has 0 bridgehead atoms. The highest BCUT2D eigenvalue weighted by atomic mass is 16.5. The summed E-state index contributed by atoms with van der Waals surface area (Å²) in [5.74, 6) is 2.53. The van der Waals surface area contributed by atoms with Gasteiger partial charge in [0.1, 0.15) is 0 Å². The molecule has 0 N–H and O–H groups in total. The van der Waals surface area contributed by atoms with Crippen LogP contribution >= 0.6 is 0 Å². The Morgan fingerprint density at radius 1 is 1.25 bits per heavy atom. The summed E-state index contributed by atoms with van der Waals surface area (Å²) >= 11 is 0. The van der Waals surface area contributed by atoms with Gasteiger partial charge < -0.3 is 18.9 Å². The minimum absolute atomic E-state index is 0.0357. The van der Waals surface area contributed by atoms with Gasteiger partial charge in [0.05, 0.1) is 19.1 Å². The summed E-state index contributed by atoms with van der Waals surface area (Å²) < 4.78 is 16.3. The molecule has 24 heavy (non-hydrogen) atoms. The van der Waals surface area contributed by atoms with Gasteiger partial charge in [0.15, 0.2) is 17.3 Å². The monoisotopic (exact) mass is 331 g/mol. The van der Waals surface area contributed by atoms with Gasteiger partial charge in [0, 0.05) is 18.7 Å². The Balaban J connectivity index is 1.68. The third-order valence-corrected chi connectivity index (χ3v) is 3.85. The molecule has 1 saturated heterocycles. The summed E-state index contributed by atoms with van der Waals surface area (Å²) in [5.41, 5.74) is 0.585. The van der Waals surface area contributed by atoms with Crippen molar-refractivity contribution in [3.63, 3.8) is 0 Å². The second kappa shape index (κ2) is 6.90. The predicted molar refractivity (Wildman–Crippen MR) is 86.5 cm³/mol. The Labute approximate surface area is 140 Å². The van der Waals surface area contributed by atoms with Crippen molar-refractivity contribution in [2.75, 3.05) is 26.3 Å². The lowest BCUT2D eigenvalue weighted by molar-refractivity contribution is 0.0568. The number of hydrogen-bond acceptors (Lipinski definition) is 6. The molecule has 0 saturated carbocycles. The smallest absolute Gasteiger partial charge is 0.254 e. The number of likely N-dealkylation sites (tertiary alicyclic amines) is 1. The van der Waals surface area contributed by atoms with Crippen molar-refractivity contribution < 1.29 is 18.8 Å². The van der Waals surface area contributed by atoms with Crippen LogP contribution in [0.25, 0.3) is 0 Å². The number of aryl methyl sites for hydroxylation is 1. The third-order valence-electron chi connectivity index (χ3n) is 3.85. The molecule has 1 aliphatic rings. The molecule has 1 aromatic heterocycles. The van der Waals surface area contributed by atoms with Crippen molar-refractivity contribution in [1.82, 2.24) is 15.0 Å². The van der Waals surface area contributed by atoms with Crippen LogP contribution in [0.15, 0.2) is 22.7 Å². The third kappa shape index (κ3) is 3.20. The van der Waals surface area contributed by atoms with Crippen molar-refractivity contribution >= 4 is 5.91 Å². The van der Waals surface area contributed by atoms with Gasteiger partial charge in [-0.2, -0.15) is 4.98 Å². The maximum Gasteiger partial charge on any atom is 0.254 e. The highest BCUT2D eigenvalue weighted by molar-refractivity contribution is 5.95. The predicted octanol–water partition coefficient (Wildman–Crippen LogP) is 2.42. The van der Waals surface area contributed by atoms with E-state index < -0.39 is 0 Å². The van der Waals surface area contributed by atoms with E-state index in [1.807, 2.05) is 13.8 Å². The quantitative estimate of drug-likeness (QED) is 0.809. The molecule has 0 aliphatic carbocycles. The van der Waals surface area contributed by atoms with Crippen molar-refractivity contribution in [2.24, 2.45) is 0 Å². The van der Waals surface area contributed by atoms with Gasteiger partial charge >= 0.3 is 0 Å². The summed E-state index contributed by atoms with van der Waals surface area (Å²) in [7, 11) is 0. The van der Waals surface area contributed by atoms with Gasteiger partial charge in [0.25, 0.3) is 5.91 Å². The number of hydrogen-bond donors (Lipinski definition) is 0. The molecular formula is C17H21N3O4. The van der Waals surface area contributed by atoms with Gasteiger partial charge in [-0.1, -0.05) is 5.16 Å². The van der Waals surface area contributed by atoms with Crippen LogP contribution in [0.5, 0.6) is 11.5 Å². The van der Waals surface area contributed by atoms with Gasteiger partial charge in [0.2, 0.25) is 5.89 Å². The van der Waals surface area contributed by atoms with Crippen LogP contribution < -0.4 is 9.47 Å². The lowest BCUT2D eigenvalue weighted by atomic mass is 9.98. The molecular weight excluding hydrogens is 310 g/mol. The van der Waals surface area contributed by atoms with Crippen LogP contribution in [0.2, 0.25) is 0 Å². The normalized spacial score (nSPS) is 14.4. The van der Waals surface area contributed by atoms with Gasteiger partial charge in [-0.3, -0.25) is 4.79 Å². The molecule has 1 aliphatic heterocycles. The van der Waals surface area contributed by atoms with Gasteiger partial charge in [-0.05, 0) is 39.0 Å². The average molecular weight is 331 g/mol. The van der Waals surface area contributed by atoms with Gasteiger partial charge in [-0.25, -0.2) is 0 Å². The molecule has 0 unspecified atom stereocenters. The zero-order valence-electron chi connectivity index (χ0n) is 14.1. The fraction of sp³-hybridized carbons (Fsp3) is 0.471. The summed E-state index contributed by atoms with van der Waals surface area (Å²) in [5, 5.41) is 3.79. The molecule has 2 heterocycles. The molecule has 2 aromatic rings. The van der Waals surface area contributed by atoms with Crippen LogP contribution in [0, 0.1) is 6.92 Å². The van der Waals surface area contributed by atoms with E-state index in [2.05, 4.69) is 10.1 Å². The number of nitrogens with zero attached hydrogens (tertiary/aromatic N) is 3. The first-order valence-electron chi connectivity index (χ1n) is 8.11. The molecule has 0 radical (unpaired) electrons. The van der Waals surface area contributed by atoms with Crippen LogP contribution in [-0.4, -0.2) is 47.3 Å².